The Morgan fingerprint density at radius 1 is 0.906 bits per heavy atom. The van der Waals surface area contributed by atoms with Gasteiger partial charge in [0.05, 0.1) is 0 Å². The maximum atomic E-state index is 12.0. The highest BCUT2D eigenvalue weighted by atomic mass is 16.5. The Morgan fingerprint density at radius 3 is 2.19 bits per heavy atom. The smallest absolute Gasteiger partial charge is 0.325 e. The van der Waals surface area contributed by atoms with E-state index in [1.807, 2.05) is 36.4 Å². The fourth-order valence-electron chi connectivity index (χ4n) is 2.69. The third-order valence-corrected chi connectivity index (χ3v) is 4.22. The van der Waals surface area contributed by atoms with Crippen molar-refractivity contribution in [3.05, 3.63) is 96.1 Å². The number of imide groups is 1. The number of nitrogens with two attached hydrogens (primary N) is 2. The summed E-state index contributed by atoms with van der Waals surface area (Å²) in [6.07, 6.45) is 0. The Kier molecular flexibility index (Phi) is 7.77. The summed E-state index contributed by atoms with van der Waals surface area (Å²) < 4.78 is 5.70. The number of benzene rings is 3. The Labute approximate surface area is 185 Å². The van der Waals surface area contributed by atoms with E-state index >= 15 is 0 Å². The van der Waals surface area contributed by atoms with Crippen LogP contribution in [0.5, 0.6) is 5.75 Å². The van der Waals surface area contributed by atoms with Crippen molar-refractivity contribution >= 4 is 23.5 Å². The van der Waals surface area contributed by atoms with E-state index in [1.165, 1.54) is 0 Å². The number of hydrogen-bond acceptors (Lipinski definition) is 6. The van der Waals surface area contributed by atoms with Crippen LogP contribution in [0.2, 0.25) is 0 Å². The summed E-state index contributed by atoms with van der Waals surface area (Å²) in [6.45, 7) is 0.0860. The molecule has 3 aromatic rings. The second kappa shape index (κ2) is 11.1. The molecule has 3 aromatic carbocycles. The van der Waals surface area contributed by atoms with E-state index in [4.69, 9.17) is 16.3 Å². The van der Waals surface area contributed by atoms with Crippen molar-refractivity contribution < 1.29 is 14.3 Å². The molecule has 0 spiro atoms. The van der Waals surface area contributed by atoms with Crippen LogP contribution in [0.25, 0.3) is 0 Å². The maximum absolute atomic E-state index is 12.0. The van der Waals surface area contributed by atoms with Crippen molar-refractivity contribution in [3.63, 3.8) is 0 Å². The maximum Gasteiger partial charge on any atom is 0.325 e. The van der Waals surface area contributed by atoms with E-state index in [9.17, 15) is 9.59 Å². The zero-order valence-corrected chi connectivity index (χ0v) is 17.3. The molecule has 6 N–H and O–H groups in total. The molecule has 0 bridgehead atoms. The largest absolute Gasteiger partial charge is 0.489 e. The van der Waals surface area contributed by atoms with Crippen LogP contribution in [0.4, 0.5) is 10.5 Å². The molecule has 0 saturated heterocycles. The van der Waals surface area contributed by atoms with Gasteiger partial charge in [-0.05, 0) is 29.8 Å². The molecule has 0 fully saturated rings. The van der Waals surface area contributed by atoms with E-state index in [1.54, 1.807) is 48.5 Å². The first-order chi connectivity index (χ1) is 15.5. The fourth-order valence-corrected chi connectivity index (χ4v) is 2.69. The number of rotatable bonds is 8. The molecule has 0 aromatic heterocycles. The van der Waals surface area contributed by atoms with Gasteiger partial charge in [-0.25, -0.2) is 15.8 Å². The van der Waals surface area contributed by atoms with Crippen molar-refractivity contribution in [1.82, 2.24) is 10.4 Å². The van der Waals surface area contributed by atoms with Gasteiger partial charge < -0.3 is 15.8 Å². The second-order valence-electron chi connectivity index (χ2n) is 6.75. The first-order valence-corrected chi connectivity index (χ1v) is 9.79. The molecule has 0 aliphatic carbocycles. The number of nitrogens with zero attached hydrogens (tertiary/aromatic N) is 2. The van der Waals surface area contributed by atoms with E-state index in [0.29, 0.717) is 23.6 Å². The zero-order valence-electron chi connectivity index (χ0n) is 17.3. The molecule has 0 atom stereocenters. The lowest BCUT2D eigenvalue weighted by molar-refractivity contribution is -0.121. The number of anilines is 1. The van der Waals surface area contributed by atoms with Crippen LogP contribution in [0.3, 0.4) is 0 Å². The molecule has 0 heterocycles. The number of hydrazine groups is 1. The van der Waals surface area contributed by atoms with Crippen molar-refractivity contribution in [1.29, 1.82) is 0 Å². The molecule has 164 valence electrons. The molecule has 0 aliphatic heterocycles. The van der Waals surface area contributed by atoms with E-state index < -0.39 is 11.9 Å². The van der Waals surface area contributed by atoms with Gasteiger partial charge in [0.2, 0.25) is 0 Å². The number of hydrazone groups is 1. The number of hydrogen-bond donors (Lipinski definition) is 4. The molecular formula is C23H24N6O3. The minimum atomic E-state index is -0.693. The highest BCUT2D eigenvalue weighted by molar-refractivity contribution is 6.02. The van der Waals surface area contributed by atoms with Crippen molar-refractivity contribution in [2.75, 3.05) is 11.9 Å². The van der Waals surface area contributed by atoms with Gasteiger partial charge in [0, 0.05) is 11.3 Å². The average molecular weight is 432 g/mol. The molecule has 0 unspecified atom stereocenters. The van der Waals surface area contributed by atoms with E-state index in [2.05, 4.69) is 15.7 Å². The van der Waals surface area contributed by atoms with Crippen molar-refractivity contribution in [2.45, 2.75) is 6.61 Å². The average Bonchev–Trinajstić information content (AvgIpc) is 2.79. The summed E-state index contributed by atoms with van der Waals surface area (Å²) in [7, 11) is 0. The fraction of sp³-hybridized carbons (Fsp3) is 0.0870. The summed E-state index contributed by atoms with van der Waals surface area (Å²) in [5, 5.41) is 9.54. The van der Waals surface area contributed by atoms with Crippen LogP contribution in [-0.2, 0) is 11.4 Å². The van der Waals surface area contributed by atoms with Crippen LogP contribution >= 0.6 is 0 Å². The first-order valence-electron chi connectivity index (χ1n) is 9.79. The quantitative estimate of drug-likeness (QED) is 0.187. The monoisotopic (exact) mass is 432 g/mol. The zero-order chi connectivity index (χ0) is 22.8. The Morgan fingerprint density at radius 2 is 1.53 bits per heavy atom. The van der Waals surface area contributed by atoms with Crippen LogP contribution in [0, 0.1) is 0 Å². The number of nitrogens with one attached hydrogen (secondary N) is 2. The van der Waals surface area contributed by atoms with Gasteiger partial charge >= 0.3 is 6.03 Å². The molecule has 0 saturated carbocycles. The summed E-state index contributed by atoms with van der Waals surface area (Å²) in [5.41, 5.74) is 8.06. The SMILES string of the molecule is N/C(=N\N(N)CC(=O)NC(=O)Nc1ccc(OCc2ccccc2)cc1)c1ccccc1. The first kappa shape index (κ1) is 22.3. The lowest BCUT2D eigenvalue weighted by atomic mass is 10.2. The minimum absolute atomic E-state index is 0.153. The molecule has 0 radical (unpaired) electrons. The third-order valence-electron chi connectivity index (χ3n) is 4.22. The van der Waals surface area contributed by atoms with Gasteiger partial charge in [-0.15, -0.1) is 5.10 Å². The van der Waals surface area contributed by atoms with Gasteiger partial charge in [-0.1, -0.05) is 60.7 Å². The molecule has 32 heavy (non-hydrogen) atoms. The molecule has 3 amide bonds. The standard InChI is InChI=1S/C23H24N6O3/c24-22(18-9-5-2-6-10-18)28-29(25)15-21(30)27-23(31)26-19-11-13-20(14-12-19)32-16-17-7-3-1-4-8-17/h1-14H,15-16,25H2,(H2,24,28)(H2,26,27,30,31). The lowest BCUT2D eigenvalue weighted by Crippen LogP contribution is -2.43. The summed E-state index contributed by atoms with van der Waals surface area (Å²) >= 11 is 0. The Bertz CT molecular complexity index is 1060. The molecule has 0 aliphatic rings. The number of amides is 3. The molecule has 3 rings (SSSR count). The highest BCUT2D eigenvalue weighted by Crippen LogP contribution is 2.17. The summed E-state index contributed by atoms with van der Waals surface area (Å²) in [6, 6.07) is 24.8. The second-order valence-corrected chi connectivity index (χ2v) is 6.75. The Balaban J connectivity index is 1.44. The van der Waals surface area contributed by atoms with E-state index in [0.717, 1.165) is 10.7 Å². The summed E-state index contributed by atoms with van der Waals surface area (Å²) in [4.78, 5) is 24.1. The number of carbonyl (C=O) groups excluding carboxylic acids is 2. The molecule has 9 nitrogen and oxygen atoms in total. The predicted octanol–water partition coefficient (Wildman–Crippen LogP) is 2.41. The van der Waals surface area contributed by atoms with Crippen LogP contribution in [0.1, 0.15) is 11.1 Å². The van der Waals surface area contributed by atoms with Gasteiger partial charge in [-0.2, -0.15) is 0 Å². The van der Waals surface area contributed by atoms with Crippen LogP contribution in [0.15, 0.2) is 90.0 Å². The number of ether oxygens (including phenoxy) is 1. The minimum Gasteiger partial charge on any atom is -0.489 e. The predicted molar refractivity (Wildman–Crippen MR) is 122 cm³/mol. The van der Waals surface area contributed by atoms with Gasteiger partial charge in [-0.3, -0.25) is 10.1 Å². The van der Waals surface area contributed by atoms with E-state index in [-0.39, 0.29) is 12.4 Å². The number of amidine groups is 1. The molecular weight excluding hydrogens is 408 g/mol. The number of urea groups is 1. The van der Waals surface area contributed by atoms with Crippen molar-refractivity contribution in [3.8, 4) is 5.75 Å². The highest BCUT2D eigenvalue weighted by Gasteiger charge is 2.11. The van der Waals surface area contributed by atoms with Gasteiger partial charge in [0.15, 0.2) is 5.84 Å². The molecule has 9 heteroatoms. The van der Waals surface area contributed by atoms with Gasteiger partial charge in [0.1, 0.15) is 18.9 Å². The third kappa shape index (κ3) is 7.15. The van der Waals surface area contributed by atoms with Crippen LogP contribution in [-0.4, -0.2) is 29.4 Å². The number of carbonyl (C=O) groups is 2. The normalized spacial score (nSPS) is 10.8. The van der Waals surface area contributed by atoms with Crippen LogP contribution < -0.4 is 26.9 Å². The lowest BCUT2D eigenvalue weighted by Gasteiger charge is -2.13. The topological polar surface area (TPSA) is 135 Å². The Hall–Kier alpha value is -4.37. The summed E-state index contributed by atoms with van der Waals surface area (Å²) in [5.74, 6) is 5.86. The van der Waals surface area contributed by atoms with Gasteiger partial charge in [0.25, 0.3) is 5.91 Å². The van der Waals surface area contributed by atoms with Crippen molar-refractivity contribution in [2.24, 2.45) is 16.7 Å².